The van der Waals surface area contributed by atoms with Crippen LogP contribution in [0, 0.1) is 0 Å². The molecule has 0 bridgehead atoms. The second-order valence-corrected chi connectivity index (χ2v) is 8.47. The maximum Gasteiger partial charge on any atom is 0.242 e. The summed E-state index contributed by atoms with van der Waals surface area (Å²) < 4.78 is 5.28. The first-order valence-corrected chi connectivity index (χ1v) is 11.5. The van der Waals surface area contributed by atoms with Gasteiger partial charge in [0, 0.05) is 29.4 Å². The van der Waals surface area contributed by atoms with Crippen LogP contribution in [0.5, 0.6) is 5.75 Å². The van der Waals surface area contributed by atoms with Crippen LogP contribution in [0.25, 0.3) is 0 Å². The number of halogens is 2. The Labute approximate surface area is 192 Å². The van der Waals surface area contributed by atoms with Crippen molar-refractivity contribution in [1.82, 2.24) is 10.2 Å². The van der Waals surface area contributed by atoms with E-state index in [9.17, 15) is 9.59 Å². The van der Waals surface area contributed by atoms with Crippen LogP contribution in [0.3, 0.4) is 0 Å². The number of carbonyl (C=O) groups is 2. The van der Waals surface area contributed by atoms with Gasteiger partial charge in [-0.2, -0.15) is 0 Å². The highest BCUT2D eigenvalue weighted by atomic mass is 35.5. The Bertz CT molecular complexity index is 879. The molecule has 0 saturated heterocycles. The fourth-order valence-electron chi connectivity index (χ4n) is 3.02. The van der Waals surface area contributed by atoms with E-state index in [0.717, 1.165) is 11.1 Å². The normalized spacial score (nSPS) is 11.6. The number of carbonyl (C=O) groups excluding carboxylic acids is 2. The summed E-state index contributed by atoms with van der Waals surface area (Å²) in [5, 5.41) is 3.81. The Morgan fingerprint density at radius 1 is 1.20 bits per heavy atom. The minimum atomic E-state index is -0.548. The Hall–Kier alpha value is -1.89. The maximum atomic E-state index is 13.1. The molecule has 8 heteroatoms. The summed E-state index contributed by atoms with van der Waals surface area (Å²) in [7, 11) is 3.18. The van der Waals surface area contributed by atoms with E-state index in [1.807, 2.05) is 37.3 Å². The smallest absolute Gasteiger partial charge is 0.242 e. The number of likely N-dealkylation sites (N-methyl/N-ethyl adjacent to an activating group) is 1. The molecule has 0 aromatic heterocycles. The first kappa shape index (κ1) is 24.4. The molecule has 0 aliphatic rings. The maximum absolute atomic E-state index is 13.1. The van der Waals surface area contributed by atoms with Crippen LogP contribution in [0.2, 0.25) is 10.0 Å². The molecule has 162 valence electrons. The van der Waals surface area contributed by atoms with Crippen LogP contribution in [-0.2, 0) is 21.9 Å². The highest BCUT2D eigenvalue weighted by Gasteiger charge is 2.28. The average Bonchev–Trinajstić information content (AvgIpc) is 2.74. The molecule has 2 amide bonds. The number of thioether (sulfide) groups is 1. The Morgan fingerprint density at radius 2 is 1.97 bits per heavy atom. The molecule has 2 aromatic carbocycles. The lowest BCUT2D eigenvalue weighted by atomic mass is 10.1. The molecule has 1 N–H and O–H groups in total. The van der Waals surface area contributed by atoms with Crippen molar-refractivity contribution in [2.75, 3.05) is 19.9 Å². The second-order valence-electron chi connectivity index (χ2n) is 6.64. The van der Waals surface area contributed by atoms with Gasteiger partial charge >= 0.3 is 0 Å². The average molecular weight is 469 g/mol. The van der Waals surface area contributed by atoms with Crippen molar-refractivity contribution in [3.05, 3.63) is 63.6 Å². The predicted octanol–water partition coefficient (Wildman–Crippen LogP) is 4.79. The lowest BCUT2D eigenvalue weighted by Gasteiger charge is -2.30. The van der Waals surface area contributed by atoms with E-state index in [1.165, 1.54) is 11.8 Å². The van der Waals surface area contributed by atoms with Crippen molar-refractivity contribution in [2.24, 2.45) is 0 Å². The van der Waals surface area contributed by atoms with Gasteiger partial charge in [0.05, 0.1) is 12.9 Å². The van der Waals surface area contributed by atoms with E-state index >= 15 is 0 Å². The van der Waals surface area contributed by atoms with Crippen LogP contribution in [-0.4, -0.2) is 42.7 Å². The molecule has 0 aliphatic carbocycles. The minimum absolute atomic E-state index is 0.108. The van der Waals surface area contributed by atoms with E-state index in [2.05, 4.69) is 5.32 Å². The molecule has 1 unspecified atom stereocenters. The monoisotopic (exact) mass is 468 g/mol. The molecule has 0 saturated carbocycles. The minimum Gasteiger partial charge on any atom is -0.497 e. The van der Waals surface area contributed by atoms with Crippen molar-refractivity contribution in [3.63, 3.8) is 0 Å². The van der Waals surface area contributed by atoms with Gasteiger partial charge in [-0.1, -0.05) is 48.3 Å². The number of methoxy groups -OCH3 is 1. The van der Waals surface area contributed by atoms with Gasteiger partial charge in [0.25, 0.3) is 0 Å². The van der Waals surface area contributed by atoms with Gasteiger partial charge in [0.2, 0.25) is 11.8 Å². The van der Waals surface area contributed by atoms with Crippen molar-refractivity contribution in [3.8, 4) is 5.75 Å². The van der Waals surface area contributed by atoms with Gasteiger partial charge < -0.3 is 15.0 Å². The van der Waals surface area contributed by atoms with Gasteiger partial charge in [-0.05, 0) is 41.8 Å². The third kappa shape index (κ3) is 6.83. The molecule has 0 spiro atoms. The quantitative estimate of drug-likeness (QED) is 0.544. The van der Waals surface area contributed by atoms with E-state index in [-0.39, 0.29) is 17.6 Å². The number of benzene rings is 2. The number of nitrogens with one attached hydrogen (secondary N) is 1. The largest absolute Gasteiger partial charge is 0.497 e. The molecule has 5 nitrogen and oxygen atoms in total. The zero-order chi connectivity index (χ0) is 22.1. The van der Waals surface area contributed by atoms with Crippen molar-refractivity contribution in [2.45, 2.75) is 31.7 Å². The van der Waals surface area contributed by atoms with Crippen LogP contribution < -0.4 is 10.1 Å². The van der Waals surface area contributed by atoms with E-state index < -0.39 is 6.04 Å². The second kappa shape index (κ2) is 12.1. The Morgan fingerprint density at radius 3 is 2.60 bits per heavy atom. The van der Waals surface area contributed by atoms with Crippen molar-refractivity contribution in [1.29, 1.82) is 0 Å². The van der Waals surface area contributed by atoms with Gasteiger partial charge in [-0.15, -0.1) is 11.8 Å². The number of rotatable bonds is 10. The van der Waals surface area contributed by atoms with E-state index in [4.69, 9.17) is 27.9 Å². The van der Waals surface area contributed by atoms with Gasteiger partial charge in [0.1, 0.15) is 11.8 Å². The number of nitrogens with zero attached hydrogens (tertiary/aromatic N) is 1. The summed E-state index contributed by atoms with van der Waals surface area (Å²) in [6.07, 6.45) is 0.517. The number of ether oxygens (including phenoxy) is 1. The molecule has 1 atom stereocenters. The fraction of sp³-hybridized carbons (Fsp3) is 0.364. The van der Waals surface area contributed by atoms with E-state index in [1.54, 1.807) is 31.2 Å². The predicted molar refractivity (Wildman–Crippen MR) is 124 cm³/mol. The van der Waals surface area contributed by atoms with Crippen LogP contribution in [0.15, 0.2) is 42.5 Å². The van der Waals surface area contributed by atoms with Crippen molar-refractivity contribution < 1.29 is 14.3 Å². The van der Waals surface area contributed by atoms with Gasteiger partial charge in [0.15, 0.2) is 0 Å². The third-order valence-corrected chi connectivity index (χ3v) is 6.17. The van der Waals surface area contributed by atoms with Crippen LogP contribution >= 0.6 is 35.0 Å². The summed E-state index contributed by atoms with van der Waals surface area (Å²) in [6, 6.07) is 12.3. The molecule has 30 heavy (non-hydrogen) atoms. The molecule has 2 rings (SSSR count). The summed E-state index contributed by atoms with van der Waals surface area (Å²) in [5.41, 5.74) is 1.81. The lowest BCUT2D eigenvalue weighted by Crippen LogP contribution is -2.48. The highest BCUT2D eigenvalue weighted by Crippen LogP contribution is 2.25. The SMILES string of the molecule is CCC(C(=O)NC)N(Cc1cccc(OC)c1)C(=O)CSCc1ccc(Cl)cc1Cl. The Balaban J connectivity index is 2.13. The summed E-state index contributed by atoms with van der Waals surface area (Å²) in [4.78, 5) is 27.1. The zero-order valence-electron chi connectivity index (χ0n) is 17.3. The molecule has 0 aliphatic heterocycles. The standard InChI is InChI=1S/C22H26Cl2N2O3S/c1-4-20(22(28)25-2)26(12-15-6-5-7-18(10-15)29-3)21(27)14-30-13-16-8-9-17(23)11-19(16)24/h5-11,20H,4,12-14H2,1-3H3,(H,25,28). The molecule has 0 radical (unpaired) electrons. The van der Waals surface area contributed by atoms with Crippen LogP contribution in [0.1, 0.15) is 24.5 Å². The summed E-state index contributed by atoms with van der Waals surface area (Å²) in [5.74, 6) is 1.23. The third-order valence-electron chi connectivity index (χ3n) is 4.62. The fourth-order valence-corrected chi connectivity index (χ4v) is 4.49. The molecular weight excluding hydrogens is 443 g/mol. The molecule has 0 fully saturated rings. The lowest BCUT2D eigenvalue weighted by molar-refractivity contribution is -0.139. The topological polar surface area (TPSA) is 58.6 Å². The molecular formula is C22H26Cl2N2O3S. The first-order valence-electron chi connectivity index (χ1n) is 9.55. The summed E-state index contributed by atoms with van der Waals surface area (Å²) in [6.45, 7) is 2.22. The Kier molecular flexibility index (Phi) is 9.82. The van der Waals surface area contributed by atoms with Gasteiger partial charge in [-0.25, -0.2) is 0 Å². The van der Waals surface area contributed by atoms with Crippen LogP contribution in [0.4, 0.5) is 0 Å². The van der Waals surface area contributed by atoms with Crippen molar-refractivity contribution >= 4 is 46.8 Å². The summed E-state index contributed by atoms with van der Waals surface area (Å²) >= 11 is 13.6. The zero-order valence-corrected chi connectivity index (χ0v) is 19.6. The van der Waals surface area contributed by atoms with Gasteiger partial charge in [-0.3, -0.25) is 9.59 Å². The number of hydrogen-bond donors (Lipinski definition) is 1. The molecule has 0 heterocycles. The molecule has 2 aromatic rings. The number of amides is 2. The highest BCUT2D eigenvalue weighted by molar-refractivity contribution is 7.99. The first-order chi connectivity index (χ1) is 14.4. The van der Waals surface area contributed by atoms with E-state index in [0.29, 0.717) is 34.5 Å². The number of hydrogen-bond acceptors (Lipinski definition) is 4.